The third-order valence-electron chi connectivity index (χ3n) is 2.86. The molecular formula is C12H12F3N5O3. The van der Waals surface area contributed by atoms with E-state index in [1.54, 1.807) is 0 Å². The highest BCUT2D eigenvalue weighted by molar-refractivity contribution is 6.06. The monoisotopic (exact) mass is 331 g/mol. The Morgan fingerprint density at radius 2 is 1.91 bits per heavy atom. The van der Waals surface area contributed by atoms with E-state index in [0.29, 0.717) is 6.07 Å². The Balaban J connectivity index is 2.30. The van der Waals surface area contributed by atoms with Gasteiger partial charge in [0.05, 0.1) is 12.8 Å². The van der Waals surface area contributed by atoms with Crippen LogP contribution in [0.15, 0.2) is 12.3 Å². The van der Waals surface area contributed by atoms with Gasteiger partial charge >= 0.3 is 12.1 Å². The van der Waals surface area contributed by atoms with E-state index in [1.807, 2.05) is 0 Å². The summed E-state index contributed by atoms with van der Waals surface area (Å²) in [6.07, 6.45) is -3.34. The van der Waals surface area contributed by atoms with Gasteiger partial charge < -0.3 is 10.1 Å². The number of nitrogens with one attached hydrogen (secondary N) is 1. The second-order valence-corrected chi connectivity index (χ2v) is 4.55. The van der Waals surface area contributed by atoms with E-state index in [-0.39, 0.29) is 17.1 Å². The highest BCUT2D eigenvalue weighted by Crippen LogP contribution is 2.28. The summed E-state index contributed by atoms with van der Waals surface area (Å²) in [5.74, 6) is -1.66. The van der Waals surface area contributed by atoms with E-state index < -0.39 is 23.7 Å². The third-order valence-corrected chi connectivity index (χ3v) is 2.86. The Morgan fingerprint density at radius 1 is 1.26 bits per heavy atom. The van der Waals surface area contributed by atoms with E-state index >= 15 is 0 Å². The number of aryl methyl sites for hydroxylation is 2. The van der Waals surface area contributed by atoms with Crippen molar-refractivity contribution in [3.05, 3.63) is 29.3 Å². The van der Waals surface area contributed by atoms with Crippen LogP contribution in [0.1, 0.15) is 26.7 Å². The van der Waals surface area contributed by atoms with Crippen molar-refractivity contribution in [2.24, 2.45) is 14.1 Å². The van der Waals surface area contributed by atoms with Crippen LogP contribution in [0.5, 0.6) is 0 Å². The number of methoxy groups -OCH3 is 1. The summed E-state index contributed by atoms with van der Waals surface area (Å²) in [7, 11) is 3.85. The zero-order valence-electron chi connectivity index (χ0n) is 12.3. The lowest BCUT2D eigenvalue weighted by Gasteiger charge is -2.04. The van der Waals surface area contributed by atoms with E-state index in [4.69, 9.17) is 0 Å². The van der Waals surface area contributed by atoms with Crippen LogP contribution in [-0.4, -0.2) is 38.5 Å². The van der Waals surface area contributed by atoms with Crippen molar-refractivity contribution in [2.75, 3.05) is 12.4 Å². The lowest BCUT2D eigenvalue weighted by molar-refractivity contribution is -0.141. The van der Waals surface area contributed by atoms with E-state index in [2.05, 4.69) is 20.3 Å². The van der Waals surface area contributed by atoms with Gasteiger partial charge in [0.25, 0.3) is 5.91 Å². The molecule has 0 aliphatic heterocycles. The summed E-state index contributed by atoms with van der Waals surface area (Å²) in [6, 6.07) is 0.615. The zero-order chi connectivity index (χ0) is 17.4. The van der Waals surface area contributed by atoms with Crippen LogP contribution < -0.4 is 5.32 Å². The van der Waals surface area contributed by atoms with E-state index in [0.717, 1.165) is 11.8 Å². The molecule has 2 aromatic rings. The highest BCUT2D eigenvalue weighted by atomic mass is 19.4. The molecule has 0 atom stereocenters. The molecule has 23 heavy (non-hydrogen) atoms. The summed E-state index contributed by atoms with van der Waals surface area (Å²) in [6.45, 7) is 0. The van der Waals surface area contributed by atoms with Crippen LogP contribution in [0.4, 0.5) is 18.9 Å². The fourth-order valence-electron chi connectivity index (χ4n) is 1.83. The number of hydrogen-bond acceptors (Lipinski definition) is 5. The average molecular weight is 331 g/mol. The number of rotatable bonds is 3. The number of aromatic nitrogens is 4. The minimum absolute atomic E-state index is 0.0131. The topological polar surface area (TPSA) is 91.0 Å². The first-order valence-corrected chi connectivity index (χ1v) is 6.18. The molecule has 11 heteroatoms. The lowest BCUT2D eigenvalue weighted by atomic mass is 10.3. The number of amides is 1. The van der Waals surface area contributed by atoms with Gasteiger partial charge in [0.15, 0.2) is 11.4 Å². The molecule has 2 aromatic heterocycles. The summed E-state index contributed by atoms with van der Waals surface area (Å²) < 4.78 is 44.4. The number of esters is 1. The van der Waals surface area contributed by atoms with Crippen LogP contribution in [-0.2, 0) is 25.0 Å². The zero-order valence-corrected chi connectivity index (χ0v) is 12.3. The van der Waals surface area contributed by atoms with Gasteiger partial charge in [0, 0.05) is 26.4 Å². The van der Waals surface area contributed by atoms with Crippen molar-refractivity contribution < 1.29 is 27.5 Å². The van der Waals surface area contributed by atoms with Crippen molar-refractivity contribution in [1.29, 1.82) is 0 Å². The number of hydrogen-bond donors (Lipinski definition) is 1. The molecule has 0 fully saturated rings. The standard InChI is InChI=1S/C12H12F3N5O3/c1-19-5-6(9(18-19)11(22)23-3)16-10(21)7-4-8(12(13,14)15)17-20(7)2/h4-5H,1-3H3,(H,16,21). The van der Waals surface area contributed by atoms with Gasteiger partial charge in [-0.15, -0.1) is 0 Å². The molecule has 0 unspecified atom stereocenters. The van der Waals surface area contributed by atoms with Gasteiger partial charge in [-0.05, 0) is 0 Å². The normalized spacial score (nSPS) is 11.4. The minimum atomic E-state index is -4.66. The molecule has 0 aliphatic carbocycles. The van der Waals surface area contributed by atoms with Crippen molar-refractivity contribution >= 4 is 17.6 Å². The molecule has 1 amide bonds. The first-order chi connectivity index (χ1) is 10.6. The minimum Gasteiger partial charge on any atom is -0.464 e. The van der Waals surface area contributed by atoms with Crippen LogP contribution in [0.25, 0.3) is 0 Å². The van der Waals surface area contributed by atoms with E-state index in [9.17, 15) is 22.8 Å². The molecule has 0 aliphatic rings. The fourth-order valence-corrected chi connectivity index (χ4v) is 1.83. The summed E-state index contributed by atoms with van der Waals surface area (Å²) in [4.78, 5) is 23.7. The molecule has 2 rings (SSSR count). The Morgan fingerprint density at radius 3 is 2.43 bits per heavy atom. The third kappa shape index (κ3) is 3.33. The maximum absolute atomic E-state index is 12.6. The number of halogens is 3. The lowest BCUT2D eigenvalue weighted by Crippen LogP contribution is -2.17. The van der Waals surface area contributed by atoms with Crippen LogP contribution in [0.2, 0.25) is 0 Å². The van der Waals surface area contributed by atoms with Crippen molar-refractivity contribution in [1.82, 2.24) is 19.6 Å². The molecule has 0 bridgehead atoms. The van der Waals surface area contributed by atoms with Crippen LogP contribution >= 0.6 is 0 Å². The van der Waals surface area contributed by atoms with Crippen molar-refractivity contribution in [3.8, 4) is 0 Å². The fraction of sp³-hybridized carbons (Fsp3) is 0.333. The second kappa shape index (κ2) is 5.74. The van der Waals surface area contributed by atoms with Gasteiger partial charge in [0.1, 0.15) is 5.69 Å². The Hall–Kier alpha value is -2.85. The predicted molar refractivity (Wildman–Crippen MR) is 70.7 cm³/mol. The maximum atomic E-state index is 12.6. The molecule has 0 saturated heterocycles. The maximum Gasteiger partial charge on any atom is 0.435 e. The van der Waals surface area contributed by atoms with Gasteiger partial charge in [0.2, 0.25) is 0 Å². The SMILES string of the molecule is COC(=O)c1nn(C)cc1NC(=O)c1cc(C(F)(F)F)nn1C. The van der Waals surface area contributed by atoms with Gasteiger partial charge in [-0.1, -0.05) is 0 Å². The highest BCUT2D eigenvalue weighted by Gasteiger charge is 2.35. The molecule has 0 spiro atoms. The quantitative estimate of drug-likeness (QED) is 0.854. The van der Waals surface area contributed by atoms with Crippen molar-refractivity contribution in [3.63, 3.8) is 0 Å². The number of carbonyl (C=O) groups excluding carboxylic acids is 2. The average Bonchev–Trinajstić information content (AvgIpc) is 3.00. The summed E-state index contributed by atoms with van der Waals surface area (Å²) >= 11 is 0. The number of anilines is 1. The molecule has 2 heterocycles. The molecule has 124 valence electrons. The van der Waals surface area contributed by atoms with Gasteiger partial charge in [-0.3, -0.25) is 14.2 Å². The van der Waals surface area contributed by atoms with Crippen LogP contribution in [0, 0.1) is 0 Å². The first-order valence-electron chi connectivity index (χ1n) is 6.18. The Bertz CT molecular complexity index is 763. The van der Waals surface area contributed by atoms with Gasteiger partial charge in [-0.2, -0.15) is 23.4 Å². The molecule has 8 nitrogen and oxygen atoms in total. The molecular weight excluding hydrogens is 319 g/mol. The first kappa shape index (κ1) is 16.5. The number of ether oxygens (including phenoxy) is 1. The number of carbonyl (C=O) groups is 2. The summed E-state index contributed by atoms with van der Waals surface area (Å²) in [5, 5.41) is 9.38. The molecule has 0 radical (unpaired) electrons. The number of alkyl halides is 3. The van der Waals surface area contributed by atoms with Crippen LogP contribution in [0.3, 0.4) is 0 Å². The smallest absolute Gasteiger partial charge is 0.435 e. The largest absolute Gasteiger partial charge is 0.464 e. The Kier molecular flexibility index (Phi) is 4.12. The summed E-state index contributed by atoms with van der Waals surface area (Å²) in [5.41, 5.74) is -1.66. The number of nitrogens with zero attached hydrogens (tertiary/aromatic N) is 4. The molecule has 0 aromatic carbocycles. The van der Waals surface area contributed by atoms with Crippen molar-refractivity contribution in [2.45, 2.75) is 6.18 Å². The van der Waals surface area contributed by atoms with E-state index in [1.165, 1.54) is 25.0 Å². The Labute approximate surface area is 127 Å². The predicted octanol–water partition coefficient (Wildman–Crippen LogP) is 1.21. The second-order valence-electron chi connectivity index (χ2n) is 4.55. The van der Waals surface area contributed by atoms with Gasteiger partial charge in [-0.25, -0.2) is 4.79 Å². The molecule has 1 N–H and O–H groups in total. The molecule has 0 saturated carbocycles.